The molecule has 1 saturated heterocycles. The number of nitrogens with one attached hydrogen (secondary N) is 1. The molecule has 0 aliphatic carbocycles. The predicted molar refractivity (Wildman–Crippen MR) is 76.0 cm³/mol. The number of alkyl halides is 3. The molecule has 0 radical (unpaired) electrons. The smallest absolute Gasteiger partial charge is 0.317 e. The molecule has 0 atom stereocenters. The van der Waals surface area contributed by atoms with E-state index in [0.29, 0.717) is 11.4 Å². The number of aromatic nitrogens is 1. The molecule has 2 aromatic rings. The predicted octanol–water partition coefficient (Wildman–Crippen LogP) is 3.80. The van der Waals surface area contributed by atoms with Crippen molar-refractivity contribution in [3.05, 3.63) is 41.6 Å². The van der Waals surface area contributed by atoms with Crippen LogP contribution in [0.25, 0.3) is 10.9 Å². The van der Waals surface area contributed by atoms with E-state index < -0.39 is 11.7 Å². The standard InChI is InChI=1S/C16H17F3N2/c17-16(18,19)14-4-3-12(10-11-5-8-20-9-6-11)15-13(14)2-1-7-21-15/h1-4,7,11,20H,5-6,8-10H2. The third-order valence-corrected chi connectivity index (χ3v) is 4.13. The lowest BCUT2D eigenvalue weighted by Crippen LogP contribution is -2.28. The van der Waals surface area contributed by atoms with Crippen molar-refractivity contribution in [1.29, 1.82) is 0 Å². The number of hydrogen-bond acceptors (Lipinski definition) is 2. The van der Waals surface area contributed by atoms with Crippen molar-refractivity contribution < 1.29 is 13.2 Å². The molecule has 1 aliphatic rings. The molecule has 112 valence electrons. The first kappa shape index (κ1) is 14.3. The molecule has 2 nitrogen and oxygen atoms in total. The minimum atomic E-state index is -4.34. The molecule has 1 aromatic carbocycles. The monoisotopic (exact) mass is 294 g/mol. The van der Waals surface area contributed by atoms with Gasteiger partial charge in [0.25, 0.3) is 0 Å². The van der Waals surface area contributed by atoms with Crippen LogP contribution in [0.15, 0.2) is 30.5 Å². The van der Waals surface area contributed by atoms with Gasteiger partial charge in [0.1, 0.15) is 0 Å². The lowest BCUT2D eigenvalue weighted by molar-refractivity contribution is -0.136. The number of hydrogen-bond donors (Lipinski definition) is 1. The Balaban J connectivity index is 2.00. The van der Waals surface area contributed by atoms with Crippen LogP contribution in [0.3, 0.4) is 0 Å². The molecular formula is C16H17F3N2. The maximum absolute atomic E-state index is 13.1. The molecule has 1 aromatic heterocycles. The maximum atomic E-state index is 13.1. The first-order valence-electron chi connectivity index (χ1n) is 7.20. The van der Waals surface area contributed by atoms with Crippen molar-refractivity contribution in [1.82, 2.24) is 10.3 Å². The molecule has 0 amide bonds. The van der Waals surface area contributed by atoms with E-state index in [1.54, 1.807) is 18.3 Å². The van der Waals surface area contributed by atoms with Gasteiger partial charge in [0.15, 0.2) is 0 Å². The minimum absolute atomic E-state index is 0.205. The van der Waals surface area contributed by atoms with Crippen molar-refractivity contribution >= 4 is 10.9 Å². The average Bonchev–Trinajstić information content (AvgIpc) is 2.47. The van der Waals surface area contributed by atoms with Gasteiger partial charge in [-0.3, -0.25) is 4.98 Å². The van der Waals surface area contributed by atoms with Gasteiger partial charge in [-0.05, 0) is 56.0 Å². The Morgan fingerprint density at radius 2 is 1.90 bits per heavy atom. The molecule has 5 heteroatoms. The summed E-state index contributed by atoms with van der Waals surface area (Å²) < 4.78 is 39.2. The highest BCUT2D eigenvalue weighted by atomic mass is 19.4. The van der Waals surface area contributed by atoms with Gasteiger partial charge in [-0.2, -0.15) is 13.2 Å². The third kappa shape index (κ3) is 3.02. The minimum Gasteiger partial charge on any atom is -0.317 e. The lowest BCUT2D eigenvalue weighted by Gasteiger charge is -2.23. The molecule has 2 heterocycles. The van der Waals surface area contributed by atoms with Crippen molar-refractivity contribution in [2.75, 3.05) is 13.1 Å². The molecular weight excluding hydrogens is 277 g/mol. The van der Waals surface area contributed by atoms with Crippen LogP contribution in [-0.4, -0.2) is 18.1 Å². The molecule has 0 bridgehead atoms. The van der Waals surface area contributed by atoms with E-state index in [-0.39, 0.29) is 5.39 Å². The molecule has 21 heavy (non-hydrogen) atoms. The second-order valence-electron chi connectivity index (χ2n) is 5.57. The summed E-state index contributed by atoms with van der Waals surface area (Å²) in [5.74, 6) is 0.521. The third-order valence-electron chi connectivity index (χ3n) is 4.13. The number of fused-ring (bicyclic) bond motifs is 1. The lowest BCUT2D eigenvalue weighted by atomic mass is 9.89. The van der Waals surface area contributed by atoms with Crippen molar-refractivity contribution in [2.24, 2.45) is 5.92 Å². The largest absolute Gasteiger partial charge is 0.417 e. The molecule has 3 rings (SSSR count). The summed E-state index contributed by atoms with van der Waals surface area (Å²) in [6.07, 6.45) is 0.154. The molecule has 1 N–H and O–H groups in total. The SMILES string of the molecule is FC(F)(F)c1ccc(CC2CCNCC2)c2ncccc12. The van der Waals surface area contributed by atoms with Gasteiger partial charge in [-0.25, -0.2) is 0 Å². The highest BCUT2D eigenvalue weighted by Gasteiger charge is 2.33. The fourth-order valence-electron chi connectivity index (χ4n) is 3.04. The van der Waals surface area contributed by atoms with Crippen molar-refractivity contribution in [3.63, 3.8) is 0 Å². The van der Waals surface area contributed by atoms with Gasteiger partial charge in [0, 0.05) is 11.6 Å². The van der Waals surface area contributed by atoms with Gasteiger partial charge in [-0.1, -0.05) is 12.1 Å². The van der Waals surface area contributed by atoms with E-state index in [4.69, 9.17) is 0 Å². The van der Waals surface area contributed by atoms with E-state index in [9.17, 15) is 13.2 Å². The number of halogens is 3. The number of benzene rings is 1. The Morgan fingerprint density at radius 1 is 1.14 bits per heavy atom. The summed E-state index contributed by atoms with van der Waals surface area (Å²) >= 11 is 0. The highest BCUT2D eigenvalue weighted by Crippen LogP contribution is 2.36. The molecule has 0 unspecified atom stereocenters. The van der Waals surface area contributed by atoms with E-state index in [2.05, 4.69) is 10.3 Å². The van der Waals surface area contributed by atoms with Crippen LogP contribution in [0.1, 0.15) is 24.0 Å². The van der Waals surface area contributed by atoms with Crippen LogP contribution >= 0.6 is 0 Å². The summed E-state index contributed by atoms with van der Waals surface area (Å²) in [6.45, 7) is 1.97. The molecule has 0 spiro atoms. The quantitative estimate of drug-likeness (QED) is 0.911. The zero-order valence-corrected chi connectivity index (χ0v) is 11.6. The topological polar surface area (TPSA) is 24.9 Å². The van der Waals surface area contributed by atoms with Gasteiger partial charge in [0.05, 0.1) is 11.1 Å². The van der Waals surface area contributed by atoms with Gasteiger partial charge >= 0.3 is 6.18 Å². The summed E-state index contributed by atoms with van der Waals surface area (Å²) in [6, 6.07) is 5.86. The summed E-state index contributed by atoms with van der Waals surface area (Å²) in [4.78, 5) is 4.21. The Labute approximate surface area is 121 Å². The summed E-state index contributed by atoms with van der Waals surface area (Å²) in [5.41, 5.74) is 0.816. The zero-order chi connectivity index (χ0) is 14.9. The molecule has 1 aliphatic heterocycles. The Morgan fingerprint density at radius 3 is 2.62 bits per heavy atom. The molecule has 1 fully saturated rings. The van der Waals surface area contributed by atoms with Gasteiger partial charge in [-0.15, -0.1) is 0 Å². The molecule has 0 saturated carbocycles. The first-order valence-corrected chi connectivity index (χ1v) is 7.20. The first-order chi connectivity index (χ1) is 10.1. The van der Waals surface area contributed by atoms with Crippen LogP contribution in [0.2, 0.25) is 0 Å². The number of nitrogens with zero attached hydrogens (tertiary/aromatic N) is 1. The second-order valence-corrected chi connectivity index (χ2v) is 5.57. The Bertz CT molecular complexity index is 631. The normalized spacial score (nSPS) is 17.3. The van der Waals surface area contributed by atoms with Crippen LogP contribution in [0.4, 0.5) is 13.2 Å². The Kier molecular flexibility index (Phi) is 3.85. The summed E-state index contributed by atoms with van der Waals surface area (Å²) in [5, 5.41) is 3.51. The summed E-state index contributed by atoms with van der Waals surface area (Å²) in [7, 11) is 0. The average molecular weight is 294 g/mol. The van der Waals surface area contributed by atoms with Crippen molar-refractivity contribution in [2.45, 2.75) is 25.4 Å². The van der Waals surface area contributed by atoms with Crippen LogP contribution in [-0.2, 0) is 12.6 Å². The van der Waals surface area contributed by atoms with Gasteiger partial charge in [0.2, 0.25) is 0 Å². The fraction of sp³-hybridized carbons (Fsp3) is 0.438. The van der Waals surface area contributed by atoms with Gasteiger partial charge < -0.3 is 5.32 Å². The van der Waals surface area contributed by atoms with Crippen LogP contribution < -0.4 is 5.32 Å². The highest BCUT2D eigenvalue weighted by molar-refractivity contribution is 5.85. The fourth-order valence-corrected chi connectivity index (χ4v) is 3.04. The van der Waals surface area contributed by atoms with Crippen LogP contribution in [0.5, 0.6) is 0 Å². The van der Waals surface area contributed by atoms with Crippen molar-refractivity contribution in [3.8, 4) is 0 Å². The van der Waals surface area contributed by atoms with Crippen LogP contribution in [0, 0.1) is 5.92 Å². The number of piperidine rings is 1. The maximum Gasteiger partial charge on any atom is 0.417 e. The zero-order valence-electron chi connectivity index (χ0n) is 11.6. The number of rotatable bonds is 2. The second kappa shape index (κ2) is 5.64. The van der Waals surface area contributed by atoms with E-state index in [1.165, 1.54) is 12.1 Å². The van der Waals surface area contributed by atoms with E-state index in [0.717, 1.165) is 37.9 Å². The van der Waals surface area contributed by atoms with E-state index >= 15 is 0 Å². The Hall–Kier alpha value is -1.62. The number of pyridine rings is 1. The van der Waals surface area contributed by atoms with E-state index in [1.807, 2.05) is 0 Å².